The van der Waals surface area contributed by atoms with E-state index in [9.17, 15) is 19.5 Å². The smallest absolute Gasteiger partial charge is 0.247 e. The fourth-order valence-electron chi connectivity index (χ4n) is 4.63. The first-order valence-electron chi connectivity index (χ1n) is 10.2. The molecule has 0 spiro atoms. The van der Waals surface area contributed by atoms with E-state index in [0.717, 1.165) is 5.56 Å². The molecule has 1 saturated heterocycles. The number of hydrogen-bond acceptors (Lipinski definition) is 4. The Hall–Kier alpha value is -2.38. The molecule has 7 nitrogen and oxygen atoms in total. The van der Waals surface area contributed by atoms with Crippen LogP contribution in [0.15, 0.2) is 30.4 Å². The molecule has 0 aromatic heterocycles. The molecule has 30 heavy (non-hydrogen) atoms. The second kappa shape index (κ2) is 9.18. The van der Waals surface area contributed by atoms with Crippen LogP contribution >= 0.6 is 11.6 Å². The summed E-state index contributed by atoms with van der Waals surface area (Å²) in [6, 6.07) is 4.56. The van der Waals surface area contributed by atoms with E-state index in [0.29, 0.717) is 17.1 Å². The molecule has 5 atom stereocenters. The summed E-state index contributed by atoms with van der Waals surface area (Å²) in [6.45, 7) is 3.89. The molecule has 1 fully saturated rings. The SMILES string of the molecule is CNC(=O)[C@H]1[C@@H]2C(=O)N(CCCO)[C@H](C(=O)Nc3c(C)cccc3Cl)[C@H]2C=C[C@H]1C. The summed E-state index contributed by atoms with van der Waals surface area (Å²) in [6.07, 6.45) is 4.14. The van der Waals surface area contributed by atoms with Crippen molar-refractivity contribution >= 4 is 35.0 Å². The minimum Gasteiger partial charge on any atom is -0.396 e. The van der Waals surface area contributed by atoms with Crippen molar-refractivity contribution in [2.75, 3.05) is 25.5 Å². The summed E-state index contributed by atoms with van der Waals surface area (Å²) in [7, 11) is 1.55. The van der Waals surface area contributed by atoms with E-state index < -0.39 is 23.8 Å². The highest BCUT2D eigenvalue weighted by molar-refractivity contribution is 6.34. The molecule has 0 saturated carbocycles. The highest BCUT2D eigenvalue weighted by Crippen LogP contribution is 2.44. The lowest BCUT2D eigenvalue weighted by Gasteiger charge is -2.32. The Morgan fingerprint density at radius 3 is 2.60 bits per heavy atom. The molecule has 3 amide bonds. The minimum absolute atomic E-state index is 0.0950. The molecule has 3 rings (SSSR count). The van der Waals surface area contributed by atoms with Gasteiger partial charge in [0.25, 0.3) is 0 Å². The van der Waals surface area contributed by atoms with Gasteiger partial charge in [-0.25, -0.2) is 0 Å². The standard InChI is InChI=1S/C22H28ClN3O4/c1-12-8-9-14-17(16(12)20(28)24-3)22(30)26(10-5-11-27)19(14)21(29)25-18-13(2)6-4-7-15(18)23/h4,6-9,12,14,16-17,19,27H,5,10-11H2,1-3H3,(H,24,28)(H,25,29)/t12-,14+,16-,17-,19+/m1/s1. The van der Waals surface area contributed by atoms with Crippen molar-refractivity contribution in [2.45, 2.75) is 26.3 Å². The van der Waals surface area contributed by atoms with Crippen molar-refractivity contribution in [1.82, 2.24) is 10.2 Å². The number of hydrogen-bond donors (Lipinski definition) is 3. The number of para-hydroxylation sites is 1. The fraction of sp³-hybridized carbons (Fsp3) is 0.500. The molecule has 2 aliphatic rings. The number of nitrogens with zero attached hydrogens (tertiary/aromatic N) is 1. The number of aliphatic hydroxyl groups excluding tert-OH is 1. The van der Waals surface area contributed by atoms with E-state index in [4.69, 9.17) is 11.6 Å². The van der Waals surface area contributed by atoms with E-state index in [1.54, 1.807) is 19.2 Å². The van der Waals surface area contributed by atoms with Crippen LogP contribution in [0.1, 0.15) is 18.9 Å². The number of carbonyl (C=O) groups excluding carboxylic acids is 3. The Morgan fingerprint density at radius 1 is 1.23 bits per heavy atom. The zero-order valence-corrected chi connectivity index (χ0v) is 18.1. The van der Waals surface area contributed by atoms with Crippen molar-refractivity contribution in [3.8, 4) is 0 Å². The number of benzene rings is 1. The first-order valence-corrected chi connectivity index (χ1v) is 10.6. The van der Waals surface area contributed by atoms with E-state index in [-0.39, 0.29) is 36.8 Å². The van der Waals surface area contributed by atoms with Crippen LogP contribution in [0.3, 0.4) is 0 Å². The van der Waals surface area contributed by atoms with Gasteiger partial charge >= 0.3 is 0 Å². The molecular formula is C22H28ClN3O4. The summed E-state index contributed by atoms with van der Waals surface area (Å²) >= 11 is 6.27. The van der Waals surface area contributed by atoms with Gasteiger partial charge in [-0.1, -0.05) is 42.8 Å². The second-order valence-corrected chi connectivity index (χ2v) is 8.37. The van der Waals surface area contributed by atoms with E-state index in [1.165, 1.54) is 4.90 Å². The topological polar surface area (TPSA) is 98.7 Å². The van der Waals surface area contributed by atoms with Gasteiger partial charge in [0.2, 0.25) is 17.7 Å². The lowest BCUT2D eigenvalue weighted by atomic mass is 9.70. The molecule has 0 radical (unpaired) electrons. The summed E-state index contributed by atoms with van der Waals surface area (Å²) in [5.74, 6) is -2.50. The van der Waals surface area contributed by atoms with Crippen LogP contribution in [0.2, 0.25) is 5.02 Å². The van der Waals surface area contributed by atoms with Crippen LogP contribution in [0.4, 0.5) is 5.69 Å². The van der Waals surface area contributed by atoms with E-state index in [2.05, 4.69) is 10.6 Å². The van der Waals surface area contributed by atoms with Crippen LogP contribution in [0.25, 0.3) is 0 Å². The number of rotatable bonds is 6. The second-order valence-electron chi connectivity index (χ2n) is 7.96. The molecule has 1 aliphatic heterocycles. The van der Waals surface area contributed by atoms with Crippen molar-refractivity contribution in [2.24, 2.45) is 23.7 Å². The van der Waals surface area contributed by atoms with Crippen LogP contribution in [0, 0.1) is 30.6 Å². The molecule has 1 heterocycles. The van der Waals surface area contributed by atoms with Gasteiger partial charge in [-0.3, -0.25) is 14.4 Å². The van der Waals surface area contributed by atoms with Gasteiger partial charge in [0.1, 0.15) is 6.04 Å². The average molecular weight is 434 g/mol. The number of aliphatic hydroxyl groups is 1. The Bertz CT molecular complexity index is 852. The zero-order valence-electron chi connectivity index (χ0n) is 17.4. The quantitative estimate of drug-likeness (QED) is 0.597. The van der Waals surface area contributed by atoms with Gasteiger partial charge < -0.3 is 20.6 Å². The summed E-state index contributed by atoms with van der Waals surface area (Å²) < 4.78 is 0. The minimum atomic E-state index is -0.777. The lowest BCUT2D eigenvalue weighted by Crippen LogP contribution is -2.45. The first kappa shape index (κ1) is 22.3. The largest absolute Gasteiger partial charge is 0.396 e. The van der Waals surface area contributed by atoms with Gasteiger partial charge in [-0.2, -0.15) is 0 Å². The maximum Gasteiger partial charge on any atom is 0.247 e. The third-order valence-corrected chi connectivity index (χ3v) is 6.43. The fourth-order valence-corrected chi connectivity index (χ4v) is 4.90. The van der Waals surface area contributed by atoms with Gasteiger partial charge in [-0.05, 0) is 30.9 Å². The van der Waals surface area contributed by atoms with Crippen molar-refractivity contribution in [1.29, 1.82) is 0 Å². The molecule has 3 N–H and O–H groups in total. The Kier molecular flexibility index (Phi) is 6.83. The molecule has 162 valence electrons. The van der Waals surface area contributed by atoms with Crippen molar-refractivity contribution in [3.63, 3.8) is 0 Å². The van der Waals surface area contributed by atoms with Crippen molar-refractivity contribution < 1.29 is 19.5 Å². The summed E-state index contributed by atoms with van der Waals surface area (Å²) in [4.78, 5) is 40.8. The molecular weight excluding hydrogens is 406 g/mol. The maximum atomic E-state index is 13.4. The predicted molar refractivity (Wildman–Crippen MR) is 115 cm³/mol. The third-order valence-electron chi connectivity index (χ3n) is 6.12. The number of halogens is 1. The summed E-state index contributed by atoms with van der Waals surface area (Å²) in [5, 5.41) is 15.3. The molecule has 0 unspecified atom stereocenters. The highest BCUT2D eigenvalue weighted by atomic mass is 35.5. The number of aryl methyl sites for hydroxylation is 1. The molecule has 8 heteroatoms. The van der Waals surface area contributed by atoms with Crippen LogP contribution < -0.4 is 10.6 Å². The zero-order chi connectivity index (χ0) is 22.0. The van der Waals surface area contributed by atoms with Gasteiger partial charge in [0.05, 0.1) is 22.5 Å². The van der Waals surface area contributed by atoms with Gasteiger partial charge in [0.15, 0.2) is 0 Å². The Morgan fingerprint density at radius 2 is 1.97 bits per heavy atom. The van der Waals surface area contributed by atoms with Crippen LogP contribution in [0.5, 0.6) is 0 Å². The average Bonchev–Trinajstić information content (AvgIpc) is 3.00. The van der Waals surface area contributed by atoms with Crippen LogP contribution in [-0.4, -0.2) is 54.0 Å². The van der Waals surface area contributed by atoms with Crippen molar-refractivity contribution in [3.05, 3.63) is 40.9 Å². The number of fused-ring (bicyclic) bond motifs is 1. The highest BCUT2D eigenvalue weighted by Gasteiger charge is 2.56. The van der Waals surface area contributed by atoms with E-state index >= 15 is 0 Å². The maximum absolute atomic E-state index is 13.4. The Balaban J connectivity index is 1.98. The molecule has 1 aromatic carbocycles. The normalized spacial score (nSPS) is 27.7. The number of allylic oxidation sites excluding steroid dienone is 1. The molecule has 0 bridgehead atoms. The Labute approximate surface area is 181 Å². The molecule has 1 aliphatic carbocycles. The number of nitrogens with one attached hydrogen (secondary N) is 2. The summed E-state index contributed by atoms with van der Waals surface area (Å²) in [5.41, 5.74) is 1.33. The van der Waals surface area contributed by atoms with Gasteiger partial charge in [-0.15, -0.1) is 0 Å². The number of likely N-dealkylation sites (tertiary alicyclic amines) is 1. The third kappa shape index (κ3) is 3.96. The van der Waals surface area contributed by atoms with E-state index in [1.807, 2.05) is 32.1 Å². The predicted octanol–water partition coefficient (Wildman–Crippen LogP) is 1.98. The number of amides is 3. The number of carbonyl (C=O) groups is 3. The van der Waals surface area contributed by atoms with Crippen LogP contribution in [-0.2, 0) is 14.4 Å². The monoisotopic (exact) mass is 433 g/mol. The lowest BCUT2D eigenvalue weighted by molar-refractivity contribution is -0.140. The first-order chi connectivity index (χ1) is 14.3. The molecule has 1 aromatic rings. The number of anilines is 1. The van der Waals surface area contributed by atoms with Gasteiger partial charge in [0, 0.05) is 26.1 Å².